The van der Waals surface area contributed by atoms with Crippen LogP contribution >= 0.6 is 0 Å². The van der Waals surface area contributed by atoms with Crippen LogP contribution in [0, 0.1) is 0 Å². The second kappa shape index (κ2) is 11.6. The predicted octanol–water partition coefficient (Wildman–Crippen LogP) is 3.66. The van der Waals surface area contributed by atoms with E-state index in [0.29, 0.717) is 0 Å². The monoisotopic (exact) mass is 400 g/mol. The minimum atomic E-state index is -0.145. The largest absolute Gasteiger partial charge is 0.483 e. The summed E-state index contributed by atoms with van der Waals surface area (Å²) in [6.45, 7) is 8.55. The summed E-state index contributed by atoms with van der Waals surface area (Å²) in [6.07, 6.45) is 11.1. The fourth-order valence-corrected chi connectivity index (χ4v) is 3.27. The number of hydrogen-bond donors (Lipinski definition) is 2. The minimum absolute atomic E-state index is 0.0481. The molecule has 0 unspecified atom stereocenters. The molecule has 0 saturated carbocycles. The van der Waals surface area contributed by atoms with E-state index in [-0.39, 0.29) is 18.1 Å². The SMILES string of the molecule is CCCCCc1cc(C(C)(C)NCCCn2ccnc2)ccc1OCC(=O)NC. The van der Waals surface area contributed by atoms with E-state index in [9.17, 15) is 4.79 Å². The van der Waals surface area contributed by atoms with Gasteiger partial charge in [0, 0.05) is 31.5 Å². The number of nitrogens with zero attached hydrogens (tertiary/aromatic N) is 2. The average molecular weight is 401 g/mol. The summed E-state index contributed by atoms with van der Waals surface area (Å²) in [5.74, 6) is 0.692. The van der Waals surface area contributed by atoms with Crippen LogP contribution in [-0.4, -0.2) is 35.7 Å². The molecule has 2 aromatic rings. The summed E-state index contributed by atoms with van der Waals surface area (Å²) in [5, 5.41) is 6.27. The number of likely N-dealkylation sites (N-methyl/N-ethyl adjacent to an activating group) is 1. The predicted molar refractivity (Wildman–Crippen MR) is 117 cm³/mol. The number of carbonyl (C=O) groups is 1. The normalized spacial score (nSPS) is 11.4. The number of imidazole rings is 1. The van der Waals surface area contributed by atoms with Crippen LogP contribution < -0.4 is 15.4 Å². The molecule has 0 saturated heterocycles. The highest BCUT2D eigenvalue weighted by Crippen LogP contribution is 2.28. The van der Waals surface area contributed by atoms with E-state index in [0.717, 1.165) is 38.1 Å². The Labute approximate surface area is 175 Å². The molecule has 0 fully saturated rings. The quantitative estimate of drug-likeness (QED) is 0.504. The maximum Gasteiger partial charge on any atom is 0.257 e. The molecule has 6 nitrogen and oxygen atoms in total. The molecule has 0 spiro atoms. The number of carbonyl (C=O) groups excluding carboxylic acids is 1. The van der Waals surface area contributed by atoms with Crippen LogP contribution in [0.4, 0.5) is 0 Å². The number of ether oxygens (including phenoxy) is 1. The molecule has 29 heavy (non-hydrogen) atoms. The number of aromatic nitrogens is 2. The number of rotatable bonds is 13. The molecule has 2 N–H and O–H groups in total. The van der Waals surface area contributed by atoms with Crippen molar-refractivity contribution in [3.63, 3.8) is 0 Å². The third-order valence-corrected chi connectivity index (χ3v) is 5.19. The first-order chi connectivity index (χ1) is 14.0. The summed E-state index contributed by atoms with van der Waals surface area (Å²) in [4.78, 5) is 15.6. The molecular weight excluding hydrogens is 364 g/mol. The van der Waals surface area contributed by atoms with Gasteiger partial charge in [0.2, 0.25) is 0 Å². The third-order valence-electron chi connectivity index (χ3n) is 5.19. The molecular formula is C23H36N4O2. The Hall–Kier alpha value is -2.34. The van der Waals surface area contributed by atoms with Crippen molar-refractivity contribution in [2.24, 2.45) is 0 Å². The van der Waals surface area contributed by atoms with Gasteiger partial charge in [-0.15, -0.1) is 0 Å². The van der Waals surface area contributed by atoms with Crippen LogP contribution in [0.25, 0.3) is 0 Å². The first-order valence-electron chi connectivity index (χ1n) is 10.6. The second-order valence-corrected chi connectivity index (χ2v) is 7.95. The van der Waals surface area contributed by atoms with Gasteiger partial charge in [0.1, 0.15) is 5.75 Å². The van der Waals surface area contributed by atoms with E-state index < -0.39 is 0 Å². The first kappa shape index (κ1) is 22.9. The molecule has 1 aromatic heterocycles. The first-order valence-corrected chi connectivity index (χ1v) is 10.6. The van der Waals surface area contributed by atoms with Crippen molar-refractivity contribution in [2.45, 2.75) is 65.0 Å². The molecule has 0 aliphatic rings. The number of aryl methyl sites for hydroxylation is 2. The Balaban J connectivity index is 2.02. The van der Waals surface area contributed by atoms with E-state index in [4.69, 9.17) is 4.74 Å². The molecule has 0 aliphatic carbocycles. The van der Waals surface area contributed by atoms with Crippen LogP contribution in [0.1, 0.15) is 57.6 Å². The lowest BCUT2D eigenvalue weighted by molar-refractivity contribution is -0.122. The summed E-state index contributed by atoms with van der Waals surface area (Å²) >= 11 is 0. The Morgan fingerprint density at radius 2 is 2.07 bits per heavy atom. The van der Waals surface area contributed by atoms with Crippen LogP contribution in [0.2, 0.25) is 0 Å². The van der Waals surface area contributed by atoms with Crippen LogP contribution in [0.5, 0.6) is 5.75 Å². The maximum atomic E-state index is 11.6. The zero-order valence-corrected chi connectivity index (χ0v) is 18.3. The van der Waals surface area contributed by atoms with Gasteiger partial charge in [0.15, 0.2) is 6.61 Å². The van der Waals surface area contributed by atoms with Crippen molar-refractivity contribution < 1.29 is 9.53 Å². The number of nitrogens with one attached hydrogen (secondary N) is 2. The fraction of sp³-hybridized carbons (Fsp3) is 0.565. The van der Waals surface area contributed by atoms with E-state index in [1.54, 1.807) is 7.05 Å². The van der Waals surface area contributed by atoms with Gasteiger partial charge in [-0.2, -0.15) is 0 Å². The molecule has 2 rings (SSSR count). The van der Waals surface area contributed by atoms with Crippen molar-refractivity contribution in [1.82, 2.24) is 20.2 Å². The molecule has 0 radical (unpaired) electrons. The van der Waals surface area contributed by atoms with Crippen molar-refractivity contribution in [3.05, 3.63) is 48.0 Å². The molecule has 160 valence electrons. The van der Waals surface area contributed by atoms with Gasteiger partial charge in [-0.05, 0) is 56.8 Å². The topological polar surface area (TPSA) is 68.2 Å². The third kappa shape index (κ3) is 7.54. The zero-order valence-electron chi connectivity index (χ0n) is 18.3. The lowest BCUT2D eigenvalue weighted by Gasteiger charge is -2.28. The number of amides is 1. The molecule has 1 heterocycles. The van der Waals surface area contributed by atoms with Crippen LogP contribution in [0.3, 0.4) is 0 Å². The zero-order chi connectivity index (χ0) is 21.1. The standard InChI is InChI=1S/C23H36N4O2/c1-5-6-7-9-19-16-20(10-11-21(19)29-17-22(28)24-4)23(2,3)26-12-8-14-27-15-13-25-18-27/h10-11,13,15-16,18,26H,5-9,12,14,17H2,1-4H3,(H,24,28). The van der Waals surface area contributed by atoms with Gasteiger partial charge in [-0.1, -0.05) is 31.9 Å². The summed E-state index contributed by atoms with van der Waals surface area (Å²) < 4.78 is 7.88. The van der Waals surface area contributed by atoms with Gasteiger partial charge in [0.05, 0.1) is 6.33 Å². The number of hydrogen-bond acceptors (Lipinski definition) is 4. The Bertz CT molecular complexity index is 741. The van der Waals surface area contributed by atoms with E-state index in [2.05, 4.69) is 53.1 Å². The van der Waals surface area contributed by atoms with Crippen molar-refractivity contribution in [3.8, 4) is 5.75 Å². The van der Waals surface area contributed by atoms with E-state index in [1.807, 2.05) is 24.8 Å². The van der Waals surface area contributed by atoms with Crippen LogP contribution in [-0.2, 0) is 23.3 Å². The van der Waals surface area contributed by atoms with Gasteiger partial charge in [-0.3, -0.25) is 4.79 Å². The minimum Gasteiger partial charge on any atom is -0.483 e. The molecule has 6 heteroatoms. The van der Waals surface area contributed by atoms with E-state index >= 15 is 0 Å². The van der Waals surface area contributed by atoms with Gasteiger partial charge in [0.25, 0.3) is 5.91 Å². The molecule has 1 amide bonds. The second-order valence-electron chi connectivity index (χ2n) is 7.95. The summed E-state index contributed by atoms with van der Waals surface area (Å²) in [7, 11) is 1.62. The Morgan fingerprint density at radius 1 is 1.24 bits per heavy atom. The highest BCUT2D eigenvalue weighted by atomic mass is 16.5. The van der Waals surface area contributed by atoms with Gasteiger partial charge < -0.3 is 19.9 Å². The molecule has 0 atom stereocenters. The van der Waals surface area contributed by atoms with E-state index in [1.165, 1.54) is 24.0 Å². The van der Waals surface area contributed by atoms with Crippen LogP contribution in [0.15, 0.2) is 36.9 Å². The van der Waals surface area contributed by atoms with Crippen molar-refractivity contribution in [2.75, 3.05) is 20.2 Å². The summed E-state index contributed by atoms with van der Waals surface area (Å²) in [5.41, 5.74) is 2.26. The summed E-state index contributed by atoms with van der Waals surface area (Å²) in [6, 6.07) is 6.34. The highest BCUT2D eigenvalue weighted by molar-refractivity contribution is 5.77. The van der Waals surface area contributed by atoms with Crippen molar-refractivity contribution >= 4 is 5.91 Å². The Kier molecular flexibility index (Phi) is 9.19. The number of unbranched alkanes of at least 4 members (excludes halogenated alkanes) is 2. The fourth-order valence-electron chi connectivity index (χ4n) is 3.27. The Morgan fingerprint density at radius 3 is 2.76 bits per heavy atom. The highest BCUT2D eigenvalue weighted by Gasteiger charge is 2.21. The van der Waals surface area contributed by atoms with Crippen molar-refractivity contribution in [1.29, 1.82) is 0 Å². The lowest BCUT2D eigenvalue weighted by atomic mass is 9.91. The lowest BCUT2D eigenvalue weighted by Crippen LogP contribution is -2.37. The molecule has 1 aromatic carbocycles. The smallest absolute Gasteiger partial charge is 0.257 e. The van der Waals surface area contributed by atoms with Gasteiger partial charge in [-0.25, -0.2) is 4.98 Å². The number of benzene rings is 1. The maximum absolute atomic E-state index is 11.6. The molecule has 0 bridgehead atoms. The molecule has 0 aliphatic heterocycles. The van der Waals surface area contributed by atoms with Gasteiger partial charge >= 0.3 is 0 Å². The average Bonchev–Trinajstić information content (AvgIpc) is 3.23.